The average Bonchev–Trinajstić information content (AvgIpc) is 2.77. The number of rotatable bonds is 3. The first-order chi connectivity index (χ1) is 7.35. The Bertz CT molecular complexity index is 428. The summed E-state index contributed by atoms with van der Waals surface area (Å²) in [5, 5.41) is 4.30. The van der Waals surface area contributed by atoms with Gasteiger partial charge in [-0.05, 0) is 39.4 Å². The van der Waals surface area contributed by atoms with Crippen LogP contribution in [0.5, 0.6) is 0 Å². The minimum absolute atomic E-state index is 0.619. The molecule has 0 aliphatic rings. The lowest BCUT2D eigenvalue weighted by Crippen LogP contribution is -1.95. The molecule has 0 unspecified atom stereocenters. The number of thiophene rings is 1. The summed E-state index contributed by atoms with van der Waals surface area (Å²) >= 11 is 1.72. The van der Waals surface area contributed by atoms with Gasteiger partial charge in [0, 0.05) is 6.54 Å². The zero-order chi connectivity index (χ0) is 10.7. The van der Waals surface area contributed by atoms with Gasteiger partial charge in [-0.3, -0.25) is 0 Å². The van der Waals surface area contributed by atoms with Crippen LogP contribution < -0.4 is 5.73 Å². The first-order valence-electron chi connectivity index (χ1n) is 5.19. The molecule has 2 heteroatoms. The molecule has 0 saturated carbocycles. The Labute approximate surface area is 94.6 Å². The molecule has 0 spiro atoms. The Morgan fingerprint density at radius 2 is 1.87 bits per heavy atom. The van der Waals surface area contributed by atoms with Gasteiger partial charge in [-0.2, -0.15) is 11.3 Å². The molecule has 2 aromatic rings. The fourth-order valence-electron chi connectivity index (χ4n) is 1.65. The summed E-state index contributed by atoms with van der Waals surface area (Å²) in [5.41, 5.74) is 10.9. The predicted octanol–water partition coefficient (Wildman–Crippen LogP) is 3.44. The summed E-state index contributed by atoms with van der Waals surface area (Å²) in [6.07, 6.45) is 1.09. The van der Waals surface area contributed by atoms with E-state index in [9.17, 15) is 0 Å². The Morgan fingerprint density at radius 1 is 1.13 bits per heavy atom. The van der Waals surface area contributed by atoms with Crippen LogP contribution in [-0.4, -0.2) is 0 Å². The largest absolute Gasteiger partial charge is 0.326 e. The molecule has 0 amide bonds. The van der Waals surface area contributed by atoms with Gasteiger partial charge in [0.2, 0.25) is 0 Å². The highest BCUT2D eigenvalue weighted by Gasteiger charge is 2.04. The Kier molecular flexibility index (Phi) is 3.19. The topological polar surface area (TPSA) is 26.0 Å². The van der Waals surface area contributed by atoms with Gasteiger partial charge in [0.1, 0.15) is 0 Å². The normalized spacial score (nSPS) is 10.5. The van der Waals surface area contributed by atoms with Crippen molar-refractivity contribution in [2.45, 2.75) is 19.9 Å². The van der Waals surface area contributed by atoms with E-state index in [-0.39, 0.29) is 0 Å². The number of hydrogen-bond acceptors (Lipinski definition) is 2. The second-order valence-electron chi connectivity index (χ2n) is 3.57. The van der Waals surface area contributed by atoms with Gasteiger partial charge in [0.05, 0.1) is 0 Å². The molecule has 0 atom stereocenters. The van der Waals surface area contributed by atoms with Gasteiger partial charge >= 0.3 is 0 Å². The maximum Gasteiger partial charge on any atom is 0.0192 e. The molecule has 2 rings (SSSR count). The van der Waals surface area contributed by atoms with Gasteiger partial charge in [-0.25, -0.2) is 0 Å². The number of hydrogen-bond donors (Lipinski definition) is 1. The molecule has 1 nitrogen and oxygen atoms in total. The first kappa shape index (κ1) is 10.4. The zero-order valence-electron chi connectivity index (χ0n) is 8.86. The van der Waals surface area contributed by atoms with Gasteiger partial charge in [-0.1, -0.05) is 31.2 Å². The van der Waals surface area contributed by atoms with Crippen molar-refractivity contribution in [3.63, 3.8) is 0 Å². The van der Waals surface area contributed by atoms with Crippen molar-refractivity contribution in [1.82, 2.24) is 0 Å². The molecule has 1 aromatic heterocycles. The molecule has 0 fully saturated rings. The SMILES string of the molecule is CCc1ccc(-c2cscc2CN)cc1. The third-order valence-corrected chi connectivity index (χ3v) is 3.43. The summed E-state index contributed by atoms with van der Waals surface area (Å²) in [6, 6.07) is 8.74. The Hall–Kier alpha value is -1.12. The van der Waals surface area contributed by atoms with E-state index in [1.54, 1.807) is 11.3 Å². The fraction of sp³-hybridized carbons (Fsp3) is 0.231. The van der Waals surface area contributed by atoms with Crippen molar-refractivity contribution in [3.05, 3.63) is 46.2 Å². The van der Waals surface area contributed by atoms with E-state index in [4.69, 9.17) is 5.73 Å². The van der Waals surface area contributed by atoms with Crippen LogP contribution in [0.1, 0.15) is 18.1 Å². The molecular formula is C13H15NS. The number of nitrogens with two attached hydrogens (primary N) is 1. The van der Waals surface area contributed by atoms with Crippen molar-refractivity contribution >= 4 is 11.3 Å². The van der Waals surface area contributed by atoms with Gasteiger partial charge < -0.3 is 5.73 Å². The van der Waals surface area contributed by atoms with Crippen LogP contribution in [0, 0.1) is 0 Å². The smallest absolute Gasteiger partial charge is 0.0192 e. The lowest BCUT2D eigenvalue weighted by atomic mass is 10.0. The monoisotopic (exact) mass is 217 g/mol. The minimum Gasteiger partial charge on any atom is -0.326 e. The van der Waals surface area contributed by atoms with Crippen molar-refractivity contribution in [1.29, 1.82) is 0 Å². The maximum absolute atomic E-state index is 5.70. The highest BCUT2D eigenvalue weighted by molar-refractivity contribution is 7.08. The zero-order valence-corrected chi connectivity index (χ0v) is 9.68. The average molecular weight is 217 g/mol. The highest BCUT2D eigenvalue weighted by atomic mass is 32.1. The molecule has 1 heterocycles. The molecule has 78 valence electrons. The second kappa shape index (κ2) is 4.60. The van der Waals surface area contributed by atoms with E-state index in [2.05, 4.69) is 41.9 Å². The highest BCUT2D eigenvalue weighted by Crippen LogP contribution is 2.27. The third kappa shape index (κ3) is 2.11. The molecule has 2 N–H and O–H groups in total. The van der Waals surface area contributed by atoms with E-state index in [0.717, 1.165) is 6.42 Å². The van der Waals surface area contributed by atoms with Crippen LogP contribution in [0.3, 0.4) is 0 Å². The van der Waals surface area contributed by atoms with Gasteiger partial charge in [0.15, 0.2) is 0 Å². The van der Waals surface area contributed by atoms with E-state index >= 15 is 0 Å². The van der Waals surface area contributed by atoms with Crippen LogP contribution in [0.25, 0.3) is 11.1 Å². The van der Waals surface area contributed by atoms with E-state index in [0.29, 0.717) is 6.54 Å². The third-order valence-electron chi connectivity index (χ3n) is 2.64. The molecule has 0 saturated heterocycles. The van der Waals surface area contributed by atoms with E-state index in [1.807, 2.05) is 0 Å². The van der Waals surface area contributed by atoms with Crippen molar-refractivity contribution in [3.8, 4) is 11.1 Å². The van der Waals surface area contributed by atoms with E-state index in [1.165, 1.54) is 22.3 Å². The standard InChI is InChI=1S/C13H15NS/c1-2-10-3-5-11(6-4-10)13-9-15-8-12(13)7-14/h3-6,8-9H,2,7,14H2,1H3. The molecular weight excluding hydrogens is 202 g/mol. The fourth-order valence-corrected chi connectivity index (χ4v) is 2.53. The van der Waals surface area contributed by atoms with Gasteiger partial charge in [-0.15, -0.1) is 0 Å². The number of benzene rings is 1. The first-order valence-corrected chi connectivity index (χ1v) is 6.14. The van der Waals surface area contributed by atoms with Crippen LogP contribution in [0.2, 0.25) is 0 Å². The Balaban J connectivity index is 2.37. The molecule has 0 aliphatic heterocycles. The predicted molar refractivity (Wildman–Crippen MR) is 67.0 cm³/mol. The molecule has 0 aliphatic carbocycles. The van der Waals surface area contributed by atoms with E-state index < -0.39 is 0 Å². The number of aryl methyl sites for hydroxylation is 1. The second-order valence-corrected chi connectivity index (χ2v) is 4.31. The van der Waals surface area contributed by atoms with Crippen LogP contribution in [0.15, 0.2) is 35.0 Å². The summed E-state index contributed by atoms with van der Waals surface area (Å²) < 4.78 is 0. The van der Waals surface area contributed by atoms with Crippen molar-refractivity contribution < 1.29 is 0 Å². The van der Waals surface area contributed by atoms with Crippen LogP contribution in [0.4, 0.5) is 0 Å². The summed E-state index contributed by atoms with van der Waals surface area (Å²) in [4.78, 5) is 0. The Morgan fingerprint density at radius 3 is 2.47 bits per heavy atom. The van der Waals surface area contributed by atoms with Crippen molar-refractivity contribution in [2.75, 3.05) is 0 Å². The molecule has 0 bridgehead atoms. The van der Waals surface area contributed by atoms with Crippen molar-refractivity contribution in [2.24, 2.45) is 5.73 Å². The lowest BCUT2D eigenvalue weighted by molar-refractivity contribution is 1.08. The maximum atomic E-state index is 5.70. The lowest BCUT2D eigenvalue weighted by Gasteiger charge is -2.03. The molecule has 0 radical (unpaired) electrons. The molecule has 15 heavy (non-hydrogen) atoms. The molecule has 1 aromatic carbocycles. The van der Waals surface area contributed by atoms with Crippen LogP contribution >= 0.6 is 11.3 Å². The summed E-state index contributed by atoms with van der Waals surface area (Å²) in [5.74, 6) is 0. The van der Waals surface area contributed by atoms with Gasteiger partial charge in [0.25, 0.3) is 0 Å². The minimum atomic E-state index is 0.619. The quantitative estimate of drug-likeness (QED) is 0.837. The summed E-state index contributed by atoms with van der Waals surface area (Å²) in [6.45, 7) is 2.79. The summed E-state index contributed by atoms with van der Waals surface area (Å²) in [7, 11) is 0. The van der Waals surface area contributed by atoms with Crippen LogP contribution in [-0.2, 0) is 13.0 Å².